The van der Waals surface area contributed by atoms with Crippen LogP contribution in [-0.4, -0.2) is 63.8 Å². The van der Waals surface area contributed by atoms with E-state index in [4.69, 9.17) is 4.74 Å². The number of aromatic nitrogens is 2. The molecule has 142 valence electrons. The lowest BCUT2D eigenvalue weighted by Gasteiger charge is -2.37. The Morgan fingerprint density at radius 2 is 2.04 bits per heavy atom. The number of nitrogens with one attached hydrogen (secondary N) is 1. The lowest BCUT2D eigenvalue weighted by atomic mass is 9.85. The summed E-state index contributed by atoms with van der Waals surface area (Å²) >= 11 is 0. The van der Waals surface area contributed by atoms with Gasteiger partial charge in [0.15, 0.2) is 0 Å². The lowest BCUT2D eigenvalue weighted by Crippen LogP contribution is -2.48. The molecule has 3 fully saturated rings. The summed E-state index contributed by atoms with van der Waals surface area (Å²) in [4.78, 5) is 28.6. The number of carbonyl (C=O) groups excluding carboxylic acids is 2. The van der Waals surface area contributed by atoms with Crippen molar-refractivity contribution in [3.63, 3.8) is 0 Å². The number of likely N-dealkylation sites (N-methyl/N-ethyl adjacent to an activating group) is 1. The second kappa shape index (κ2) is 6.93. The SMILES string of the molecule is CCN1CC2(CCN(C(=O)c3cn[nH]c3C3CCCCC3)CC2)OC1=O. The van der Waals surface area contributed by atoms with Gasteiger partial charge in [-0.2, -0.15) is 5.10 Å². The van der Waals surface area contributed by atoms with E-state index in [1.807, 2.05) is 11.8 Å². The van der Waals surface area contributed by atoms with Gasteiger partial charge >= 0.3 is 6.09 Å². The summed E-state index contributed by atoms with van der Waals surface area (Å²) in [6, 6.07) is 0. The number of likely N-dealkylation sites (tertiary alicyclic amines) is 1. The molecule has 4 rings (SSSR count). The Morgan fingerprint density at radius 1 is 1.31 bits per heavy atom. The van der Waals surface area contributed by atoms with Gasteiger partial charge in [0.1, 0.15) is 5.60 Å². The average Bonchev–Trinajstić information content (AvgIpc) is 3.27. The molecule has 1 aromatic heterocycles. The first-order valence-electron chi connectivity index (χ1n) is 9.92. The minimum atomic E-state index is -0.410. The number of hydrogen-bond donors (Lipinski definition) is 1. The molecule has 1 aromatic rings. The Bertz CT molecular complexity index is 672. The van der Waals surface area contributed by atoms with Crippen LogP contribution in [0.15, 0.2) is 6.20 Å². The fourth-order valence-corrected chi connectivity index (χ4v) is 4.65. The highest BCUT2D eigenvalue weighted by molar-refractivity contribution is 5.95. The van der Waals surface area contributed by atoms with Crippen molar-refractivity contribution >= 4 is 12.0 Å². The van der Waals surface area contributed by atoms with Crippen molar-refractivity contribution in [1.82, 2.24) is 20.0 Å². The summed E-state index contributed by atoms with van der Waals surface area (Å²) < 4.78 is 5.66. The highest BCUT2D eigenvalue weighted by Crippen LogP contribution is 2.36. The van der Waals surface area contributed by atoms with E-state index in [1.54, 1.807) is 11.1 Å². The number of piperidine rings is 1. The van der Waals surface area contributed by atoms with Gasteiger partial charge in [0.05, 0.1) is 24.0 Å². The molecule has 2 saturated heterocycles. The maximum absolute atomic E-state index is 13.1. The molecule has 0 bridgehead atoms. The van der Waals surface area contributed by atoms with Crippen LogP contribution in [0, 0.1) is 0 Å². The molecule has 2 aliphatic heterocycles. The summed E-state index contributed by atoms with van der Waals surface area (Å²) in [5.41, 5.74) is 1.33. The lowest BCUT2D eigenvalue weighted by molar-refractivity contribution is 0.00310. The van der Waals surface area contributed by atoms with Crippen LogP contribution >= 0.6 is 0 Å². The van der Waals surface area contributed by atoms with E-state index >= 15 is 0 Å². The molecule has 7 heteroatoms. The second-order valence-corrected chi connectivity index (χ2v) is 7.89. The molecular weight excluding hydrogens is 332 g/mol. The number of rotatable bonds is 3. The molecule has 2 amide bonds. The van der Waals surface area contributed by atoms with Crippen molar-refractivity contribution in [1.29, 1.82) is 0 Å². The van der Waals surface area contributed by atoms with Gasteiger partial charge in [-0.3, -0.25) is 9.89 Å². The molecule has 0 atom stereocenters. The first kappa shape index (κ1) is 17.4. The zero-order valence-electron chi connectivity index (χ0n) is 15.5. The smallest absolute Gasteiger partial charge is 0.410 e. The van der Waals surface area contributed by atoms with Crippen molar-refractivity contribution in [3.05, 3.63) is 17.5 Å². The van der Waals surface area contributed by atoms with Crippen molar-refractivity contribution < 1.29 is 14.3 Å². The monoisotopic (exact) mass is 360 g/mol. The number of amides is 2. The number of hydrogen-bond acceptors (Lipinski definition) is 4. The van der Waals surface area contributed by atoms with E-state index in [2.05, 4.69) is 10.2 Å². The fraction of sp³-hybridized carbons (Fsp3) is 0.737. The molecule has 0 radical (unpaired) electrons. The van der Waals surface area contributed by atoms with Crippen molar-refractivity contribution in [2.24, 2.45) is 0 Å². The quantitative estimate of drug-likeness (QED) is 0.899. The summed E-state index contributed by atoms with van der Waals surface area (Å²) in [6.45, 7) is 4.52. The number of carbonyl (C=O) groups is 2. The zero-order chi connectivity index (χ0) is 18.1. The van der Waals surface area contributed by atoms with Gasteiger partial charge in [0.2, 0.25) is 0 Å². The third-order valence-electron chi connectivity index (χ3n) is 6.30. The molecule has 0 aromatic carbocycles. The molecule has 1 aliphatic carbocycles. The topological polar surface area (TPSA) is 78.5 Å². The summed E-state index contributed by atoms with van der Waals surface area (Å²) in [5, 5.41) is 7.26. The minimum absolute atomic E-state index is 0.0610. The Balaban J connectivity index is 1.42. The Morgan fingerprint density at radius 3 is 2.69 bits per heavy atom. The maximum atomic E-state index is 13.1. The van der Waals surface area contributed by atoms with Crippen LogP contribution in [-0.2, 0) is 4.74 Å². The van der Waals surface area contributed by atoms with E-state index in [9.17, 15) is 9.59 Å². The van der Waals surface area contributed by atoms with Gasteiger partial charge in [0, 0.05) is 38.4 Å². The molecule has 7 nitrogen and oxygen atoms in total. The third-order valence-corrected chi connectivity index (χ3v) is 6.30. The molecule has 1 N–H and O–H groups in total. The van der Waals surface area contributed by atoms with Crippen LogP contribution in [0.1, 0.15) is 73.8 Å². The molecule has 0 unspecified atom stereocenters. The van der Waals surface area contributed by atoms with Crippen LogP contribution in [0.5, 0.6) is 0 Å². The molecule has 1 spiro atoms. The molecule has 3 aliphatic rings. The van der Waals surface area contributed by atoms with Crippen LogP contribution < -0.4 is 0 Å². The second-order valence-electron chi connectivity index (χ2n) is 7.89. The Kier molecular flexibility index (Phi) is 4.63. The maximum Gasteiger partial charge on any atom is 0.410 e. The molecule has 26 heavy (non-hydrogen) atoms. The predicted molar refractivity (Wildman–Crippen MR) is 96.0 cm³/mol. The minimum Gasteiger partial charge on any atom is -0.441 e. The third kappa shape index (κ3) is 3.08. The van der Waals surface area contributed by atoms with Gasteiger partial charge in [0.25, 0.3) is 5.91 Å². The molecule has 1 saturated carbocycles. The number of H-pyrrole nitrogens is 1. The highest BCUT2D eigenvalue weighted by Gasteiger charge is 2.47. The van der Waals surface area contributed by atoms with E-state index in [0.717, 1.165) is 24.1 Å². The molecule has 3 heterocycles. The number of nitrogens with zero attached hydrogens (tertiary/aromatic N) is 3. The van der Waals surface area contributed by atoms with Gasteiger partial charge < -0.3 is 14.5 Å². The summed E-state index contributed by atoms with van der Waals surface area (Å²) in [7, 11) is 0. The fourth-order valence-electron chi connectivity index (χ4n) is 4.65. The predicted octanol–water partition coefficient (Wildman–Crippen LogP) is 2.90. The summed E-state index contributed by atoms with van der Waals surface area (Å²) in [6.07, 6.45) is 8.88. The molecular formula is C19H28N4O3. The first-order chi connectivity index (χ1) is 12.6. The van der Waals surface area contributed by atoms with Crippen LogP contribution in [0.25, 0.3) is 0 Å². The van der Waals surface area contributed by atoms with Gasteiger partial charge in [-0.1, -0.05) is 19.3 Å². The largest absolute Gasteiger partial charge is 0.441 e. The highest BCUT2D eigenvalue weighted by atomic mass is 16.6. The van der Waals surface area contributed by atoms with E-state index < -0.39 is 5.60 Å². The summed E-state index contributed by atoms with van der Waals surface area (Å²) in [5.74, 6) is 0.487. The van der Waals surface area contributed by atoms with Gasteiger partial charge in [-0.15, -0.1) is 0 Å². The zero-order valence-corrected chi connectivity index (χ0v) is 15.5. The van der Waals surface area contributed by atoms with E-state index in [-0.39, 0.29) is 12.0 Å². The van der Waals surface area contributed by atoms with Gasteiger partial charge in [-0.25, -0.2) is 4.79 Å². The van der Waals surface area contributed by atoms with Crippen molar-refractivity contribution in [3.8, 4) is 0 Å². The average molecular weight is 360 g/mol. The van der Waals surface area contributed by atoms with Crippen LogP contribution in [0.2, 0.25) is 0 Å². The normalized spacial score (nSPS) is 23.5. The van der Waals surface area contributed by atoms with Gasteiger partial charge in [-0.05, 0) is 19.8 Å². The Hall–Kier alpha value is -2.05. The number of aromatic amines is 1. The van der Waals surface area contributed by atoms with Crippen LogP contribution in [0.4, 0.5) is 4.79 Å². The number of ether oxygens (including phenoxy) is 1. The first-order valence-corrected chi connectivity index (χ1v) is 9.92. The van der Waals surface area contributed by atoms with E-state index in [0.29, 0.717) is 44.9 Å². The van der Waals surface area contributed by atoms with Crippen molar-refractivity contribution in [2.75, 3.05) is 26.2 Å². The van der Waals surface area contributed by atoms with Crippen molar-refractivity contribution in [2.45, 2.75) is 63.4 Å². The van der Waals surface area contributed by atoms with E-state index in [1.165, 1.54) is 19.3 Å². The standard InChI is InChI=1S/C19H28N4O3/c1-2-22-13-19(26-18(22)25)8-10-23(11-9-19)17(24)15-12-20-21-16(15)14-6-4-3-5-7-14/h12,14H,2-11,13H2,1H3,(H,20,21). The van der Waals surface area contributed by atoms with Crippen LogP contribution in [0.3, 0.4) is 0 Å². The Labute approximate surface area is 154 Å².